The van der Waals surface area contributed by atoms with Gasteiger partial charge < -0.3 is 19.8 Å². The van der Waals surface area contributed by atoms with E-state index in [1.807, 2.05) is 27.2 Å². The zero-order valence-electron chi connectivity index (χ0n) is 50.0. The van der Waals surface area contributed by atoms with Crippen LogP contribution in [0.3, 0.4) is 0 Å². The minimum atomic E-state index is -4.38. The average molecular weight is 1080 g/mol. The van der Waals surface area contributed by atoms with Crippen molar-refractivity contribution in [1.82, 2.24) is 5.32 Å². The predicted molar refractivity (Wildman–Crippen MR) is 332 cm³/mol. The molecular weight excluding hydrogens is 960 g/mol. The van der Waals surface area contributed by atoms with Gasteiger partial charge in [-0.05, 0) is 83.5 Å². The molecule has 3 unspecified atom stereocenters. The normalized spacial score (nSPS) is 14.6. The van der Waals surface area contributed by atoms with E-state index < -0.39 is 20.0 Å². The molecule has 8 nitrogen and oxygen atoms in total. The Morgan fingerprint density at radius 3 is 1.21 bits per heavy atom. The smallest absolute Gasteiger partial charge is 0.387 e. The molecule has 1 amide bonds. The van der Waals surface area contributed by atoms with E-state index in [0.29, 0.717) is 17.4 Å². The molecule has 0 aliphatic carbocycles. The summed E-state index contributed by atoms with van der Waals surface area (Å²) in [7, 11) is 1.50. The Bertz CT molecular complexity index is 1600. The average Bonchev–Trinajstić information content (AvgIpc) is 3.38. The van der Waals surface area contributed by atoms with Crippen molar-refractivity contribution in [3.05, 3.63) is 109 Å². The van der Waals surface area contributed by atoms with E-state index in [4.69, 9.17) is 9.05 Å². The number of unbranched alkanes of at least 4 members (excludes halogenated alkanes) is 27. The molecule has 0 heterocycles. The molecule has 438 valence electrons. The van der Waals surface area contributed by atoms with Crippen molar-refractivity contribution in [3.8, 4) is 0 Å². The second kappa shape index (κ2) is 56.9. The monoisotopic (exact) mass is 1080 g/mol. The van der Waals surface area contributed by atoms with Crippen LogP contribution >= 0.6 is 7.82 Å². The first-order chi connectivity index (χ1) is 37.0. The van der Waals surface area contributed by atoms with Crippen molar-refractivity contribution < 1.29 is 32.9 Å². The number of nitrogens with zero attached hydrogens (tertiary/aromatic N) is 1. The van der Waals surface area contributed by atoms with Gasteiger partial charge in [0, 0.05) is 6.42 Å². The van der Waals surface area contributed by atoms with Gasteiger partial charge >= 0.3 is 7.82 Å². The zero-order valence-corrected chi connectivity index (χ0v) is 50.9. The van der Waals surface area contributed by atoms with E-state index in [-0.39, 0.29) is 25.5 Å². The number of nitrogens with one attached hydrogen (secondary N) is 1. The molecule has 0 spiro atoms. The highest BCUT2D eigenvalue weighted by atomic mass is 31.2. The maximum Gasteiger partial charge on any atom is 0.472 e. The Labute approximate surface area is 470 Å². The molecule has 0 aromatic carbocycles. The van der Waals surface area contributed by atoms with Crippen molar-refractivity contribution in [2.75, 3.05) is 40.9 Å². The van der Waals surface area contributed by atoms with Crippen LogP contribution in [0.4, 0.5) is 0 Å². The second-order valence-corrected chi connectivity index (χ2v) is 23.5. The number of phosphoric ester groups is 1. The van der Waals surface area contributed by atoms with Crippen LogP contribution in [0.15, 0.2) is 109 Å². The first-order valence-corrected chi connectivity index (χ1v) is 32.8. The molecule has 3 atom stereocenters. The number of carbonyl (C=O) groups is 1. The summed E-state index contributed by atoms with van der Waals surface area (Å²) in [5, 5.41) is 13.9. The zero-order chi connectivity index (χ0) is 55.6. The second-order valence-electron chi connectivity index (χ2n) is 22.0. The third kappa shape index (κ3) is 58.8. The SMILES string of the molecule is CC/C=C\C/C=C\C/C=C\C/C=C\C/C=C\C/C=C\C/C=C\CCCC(=O)NC(COP(=O)(O)OCC[N+](C)(C)C)C(O)/C=C/CC/C=C/CCCCCCCCCCCCCCCCCCCCCCCCCCC. The van der Waals surface area contributed by atoms with E-state index in [1.54, 1.807) is 6.08 Å². The number of phosphoric acid groups is 1. The van der Waals surface area contributed by atoms with Crippen LogP contribution in [0, 0.1) is 0 Å². The van der Waals surface area contributed by atoms with Crippen LogP contribution in [-0.2, 0) is 18.4 Å². The maximum absolute atomic E-state index is 13.0. The summed E-state index contributed by atoms with van der Waals surface area (Å²) < 4.78 is 23.7. The van der Waals surface area contributed by atoms with Crippen molar-refractivity contribution in [2.24, 2.45) is 0 Å². The highest BCUT2D eigenvalue weighted by Gasteiger charge is 2.27. The molecule has 0 aromatic rings. The van der Waals surface area contributed by atoms with Crippen LogP contribution in [0.5, 0.6) is 0 Å². The van der Waals surface area contributed by atoms with Gasteiger partial charge in [-0.25, -0.2) is 4.57 Å². The summed E-state index contributed by atoms with van der Waals surface area (Å²) in [4.78, 5) is 23.3. The Balaban J connectivity index is 4.28. The van der Waals surface area contributed by atoms with Crippen molar-refractivity contribution in [2.45, 2.75) is 270 Å². The third-order valence-corrected chi connectivity index (χ3v) is 14.5. The first kappa shape index (κ1) is 73.2. The molecule has 0 fully saturated rings. The lowest BCUT2D eigenvalue weighted by atomic mass is 10.0. The number of likely N-dealkylation sites (N-methyl/N-ethyl adjacent to an activating group) is 1. The molecule has 0 aliphatic heterocycles. The first-order valence-electron chi connectivity index (χ1n) is 31.3. The van der Waals surface area contributed by atoms with Gasteiger partial charge in [0.1, 0.15) is 13.2 Å². The summed E-state index contributed by atoms with van der Waals surface area (Å²) in [6.45, 7) is 4.65. The molecule has 9 heteroatoms. The van der Waals surface area contributed by atoms with Gasteiger partial charge in [0.05, 0.1) is 39.9 Å². The number of amides is 1. The van der Waals surface area contributed by atoms with Gasteiger partial charge in [0.15, 0.2) is 0 Å². The Morgan fingerprint density at radius 1 is 0.461 bits per heavy atom. The van der Waals surface area contributed by atoms with Crippen LogP contribution in [-0.4, -0.2) is 73.4 Å². The Hall–Kier alpha value is -2.84. The predicted octanol–water partition coefficient (Wildman–Crippen LogP) is 19.5. The quantitative estimate of drug-likeness (QED) is 0.0243. The lowest BCUT2D eigenvalue weighted by molar-refractivity contribution is -0.870. The molecular formula is C67H120N2O6P+. The van der Waals surface area contributed by atoms with E-state index in [2.05, 4.69) is 116 Å². The van der Waals surface area contributed by atoms with Crippen LogP contribution in [0.25, 0.3) is 0 Å². The molecule has 0 rings (SSSR count). The van der Waals surface area contributed by atoms with E-state index in [0.717, 1.165) is 70.6 Å². The van der Waals surface area contributed by atoms with E-state index >= 15 is 0 Å². The van der Waals surface area contributed by atoms with Crippen LogP contribution < -0.4 is 5.32 Å². The molecule has 76 heavy (non-hydrogen) atoms. The minimum absolute atomic E-state index is 0.0393. The topological polar surface area (TPSA) is 105 Å². The number of aliphatic hydroxyl groups excluding tert-OH is 1. The van der Waals surface area contributed by atoms with Crippen LogP contribution in [0.1, 0.15) is 258 Å². The molecule has 0 aromatic heterocycles. The van der Waals surface area contributed by atoms with E-state index in [1.165, 1.54) is 161 Å². The highest BCUT2D eigenvalue weighted by molar-refractivity contribution is 7.47. The summed E-state index contributed by atoms with van der Waals surface area (Å²) in [5.41, 5.74) is 0. The fourth-order valence-electron chi connectivity index (χ4n) is 8.64. The number of rotatable bonds is 56. The summed E-state index contributed by atoms with van der Waals surface area (Å²) in [5.74, 6) is -0.246. The number of aliphatic hydroxyl groups is 1. The van der Waals surface area contributed by atoms with Gasteiger partial charge in [-0.1, -0.05) is 277 Å². The maximum atomic E-state index is 13.0. The van der Waals surface area contributed by atoms with Gasteiger partial charge in [0.2, 0.25) is 5.91 Å². The largest absolute Gasteiger partial charge is 0.472 e. The molecule has 0 saturated heterocycles. The fourth-order valence-corrected chi connectivity index (χ4v) is 9.37. The number of hydrogen-bond acceptors (Lipinski definition) is 5. The molecule has 0 saturated carbocycles. The van der Waals surface area contributed by atoms with Gasteiger partial charge in [0.25, 0.3) is 0 Å². The minimum Gasteiger partial charge on any atom is -0.387 e. The lowest BCUT2D eigenvalue weighted by Gasteiger charge is -2.25. The summed E-state index contributed by atoms with van der Waals surface area (Å²) >= 11 is 0. The lowest BCUT2D eigenvalue weighted by Crippen LogP contribution is -2.45. The molecule has 3 N–H and O–H groups in total. The van der Waals surface area contributed by atoms with Gasteiger partial charge in [-0.3, -0.25) is 13.8 Å². The number of hydrogen-bond donors (Lipinski definition) is 3. The molecule has 0 radical (unpaired) electrons. The summed E-state index contributed by atoms with van der Waals surface area (Å²) in [6.07, 6.45) is 83.8. The van der Waals surface area contributed by atoms with Crippen molar-refractivity contribution >= 4 is 13.7 Å². The molecule has 0 bridgehead atoms. The van der Waals surface area contributed by atoms with Gasteiger partial charge in [-0.15, -0.1) is 0 Å². The summed E-state index contributed by atoms with van der Waals surface area (Å²) in [6, 6.07) is -0.904. The highest BCUT2D eigenvalue weighted by Crippen LogP contribution is 2.43. The number of quaternary nitrogens is 1. The van der Waals surface area contributed by atoms with Crippen molar-refractivity contribution in [1.29, 1.82) is 0 Å². The van der Waals surface area contributed by atoms with E-state index in [9.17, 15) is 19.4 Å². The van der Waals surface area contributed by atoms with Crippen molar-refractivity contribution in [3.63, 3.8) is 0 Å². The number of allylic oxidation sites excluding steroid dienone is 17. The number of carbonyl (C=O) groups excluding carboxylic acids is 1. The standard InChI is InChI=1S/C67H119N2O6P/c1-6-8-10-12-14-16-18-20-22-24-26-28-30-31-32-33-34-35-36-37-39-40-42-44-46-48-50-52-54-56-58-60-66(70)65(64-75-76(72,73)74-63-62-69(3,4)5)68-67(71)61-59-57-55-53-51-49-47-45-43-41-38-29-27-25-23-21-19-17-15-13-11-9-7-2/h9,11,15,17,21,23,27,29,41,43,47,49-50,52-53,55,58,60,65-66,70H,6-8,10,12-14,16,18-20,22,24-26,28,30-40,42,44-46,48,51,54,56-57,59,61-64H2,1-5H3,(H-,68,71,72,73)/p+1/b11-9-,17-15-,23-21-,29-27-,43-41-,49-47-,52-50+,55-53-,60-58+. The fraction of sp³-hybridized carbons (Fsp3) is 0.716. The molecule has 0 aliphatic rings. The van der Waals surface area contributed by atoms with Crippen LogP contribution in [0.2, 0.25) is 0 Å². The third-order valence-electron chi connectivity index (χ3n) is 13.5. The van der Waals surface area contributed by atoms with Gasteiger partial charge in [-0.2, -0.15) is 0 Å². The Kier molecular flexibility index (Phi) is 54.7. The Morgan fingerprint density at radius 2 is 0.803 bits per heavy atom.